The molecule has 0 saturated carbocycles. The van der Waals surface area contributed by atoms with E-state index in [2.05, 4.69) is 15.5 Å². The summed E-state index contributed by atoms with van der Waals surface area (Å²) in [5.74, 6) is -0.678. The second-order valence-corrected chi connectivity index (χ2v) is 4.18. The summed E-state index contributed by atoms with van der Waals surface area (Å²) in [4.78, 5) is 11.9. The molecule has 1 amide bonds. The molecule has 0 spiro atoms. The van der Waals surface area contributed by atoms with Gasteiger partial charge in [0.25, 0.3) is 5.91 Å². The topological polar surface area (TPSA) is 64.1 Å². The molecule has 0 saturated heterocycles. The highest BCUT2D eigenvalue weighted by Crippen LogP contribution is 2.19. The molecule has 1 N–H and O–H groups in total. The van der Waals surface area contributed by atoms with Gasteiger partial charge in [-0.2, -0.15) is 0 Å². The van der Waals surface area contributed by atoms with E-state index in [4.69, 9.17) is 16.3 Å². The lowest BCUT2D eigenvalue weighted by Crippen LogP contribution is -2.14. The Morgan fingerprint density at radius 3 is 2.75 bits per heavy atom. The molecule has 7 heteroatoms. The van der Waals surface area contributed by atoms with Gasteiger partial charge >= 0.3 is 0 Å². The molecule has 5 nitrogen and oxygen atoms in total. The lowest BCUT2D eigenvalue weighted by molar-refractivity contribution is 0.102. The average Bonchev–Trinajstić information content (AvgIpc) is 2.44. The van der Waals surface area contributed by atoms with Crippen molar-refractivity contribution in [2.24, 2.45) is 0 Å². The van der Waals surface area contributed by atoms with Crippen LogP contribution in [-0.4, -0.2) is 22.7 Å². The van der Waals surface area contributed by atoms with Crippen LogP contribution in [0, 0.1) is 5.82 Å². The van der Waals surface area contributed by atoms with Crippen LogP contribution in [0.1, 0.15) is 17.4 Å². The van der Waals surface area contributed by atoms with Crippen LogP contribution in [0.5, 0.6) is 5.88 Å². The minimum atomic E-state index is -0.550. The van der Waals surface area contributed by atoms with Crippen molar-refractivity contribution in [2.45, 2.75) is 6.92 Å². The smallest absolute Gasteiger partial charge is 0.276 e. The van der Waals surface area contributed by atoms with E-state index in [9.17, 15) is 9.18 Å². The van der Waals surface area contributed by atoms with Gasteiger partial charge in [0.15, 0.2) is 5.69 Å². The maximum Gasteiger partial charge on any atom is 0.276 e. The highest BCUT2D eigenvalue weighted by molar-refractivity contribution is 6.31. The molecule has 0 aliphatic carbocycles. The number of carbonyl (C=O) groups excluding carboxylic acids is 1. The summed E-state index contributed by atoms with van der Waals surface area (Å²) >= 11 is 5.63. The van der Waals surface area contributed by atoms with Crippen LogP contribution in [0.2, 0.25) is 5.02 Å². The van der Waals surface area contributed by atoms with Gasteiger partial charge in [-0.05, 0) is 31.2 Å². The van der Waals surface area contributed by atoms with Gasteiger partial charge in [0.2, 0.25) is 5.88 Å². The molecule has 0 unspecified atom stereocenters. The number of rotatable bonds is 4. The zero-order valence-corrected chi connectivity index (χ0v) is 11.3. The first kappa shape index (κ1) is 14.2. The normalized spacial score (nSPS) is 10.2. The molecule has 0 bridgehead atoms. The number of benzene rings is 1. The number of ether oxygens (including phenoxy) is 1. The third-order valence-electron chi connectivity index (χ3n) is 2.34. The summed E-state index contributed by atoms with van der Waals surface area (Å²) in [6, 6.07) is 6.92. The Kier molecular flexibility index (Phi) is 4.47. The van der Waals surface area contributed by atoms with Crippen molar-refractivity contribution < 1.29 is 13.9 Å². The summed E-state index contributed by atoms with van der Waals surface area (Å²) in [6.07, 6.45) is 0. The van der Waals surface area contributed by atoms with Crippen LogP contribution in [-0.2, 0) is 0 Å². The molecular formula is C13H11ClFN3O2. The Balaban J connectivity index is 2.09. The highest BCUT2D eigenvalue weighted by atomic mass is 35.5. The lowest BCUT2D eigenvalue weighted by atomic mass is 10.3. The second-order valence-electron chi connectivity index (χ2n) is 3.77. The number of amides is 1. The van der Waals surface area contributed by atoms with Crippen molar-refractivity contribution in [3.63, 3.8) is 0 Å². The maximum absolute atomic E-state index is 13.0. The SMILES string of the molecule is CCOc1ccc(C(=O)Nc2ccc(F)c(Cl)c2)nn1. The standard InChI is InChI=1S/C13H11ClFN3O2/c1-2-20-12-6-5-11(17-18-12)13(19)16-8-3-4-10(15)9(14)7-8/h3-7H,2H2,1H3,(H,16,19). The van der Waals surface area contributed by atoms with Crippen molar-refractivity contribution in [1.29, 1.82) is 0 Å². The molecule has 0 fully saturated rings. The summed E-state index contributed by atoms with van der Waals surface area (Å²) in [5.41, 5.74) is 0.492. The molecule has 2 aromatic rings. The predicted molar refractivity (Wildman–Crippen MR) is 72.6 cm³/mol. The number of halogens is 2. The molecule has 20 heavy (non-hydrogen) atoms. The fourth-order valence-electron chi connectivity index (χ4n) is 1.44. The lowest BCUT2D eigenvalue weighted by Gasteiger charge is -2.05. The van der Waals surface area contributed by atoms with Gasteiger partial charge in [-0.25, -0.2) is 4.39 Å². The summed E-state index contributed by atoms with van der Waals surface area (Å²) in [7, 11) is 0. The molecule has 0 radical (unpaired) electrons. The maximum atomic E-state index is 13.0. The molecule has 1 aromatic carbocycles. The minimum Gasteiger partial charge on any atom is -0.477 e. The Bertz CT molecular complexity index is 620. The molecule has 0 atom stereocenters. The number of anilines is 1. The van der Waals surface area contributed by atoms with Gasteiger partial charge in [0.05, 0.1) is 11.6 Å². The number of carbonyl (C=O) groups is 1. The predicted octanol–water partition coefficient (Wildman–Crippen LogP) is 2.92. The third kappa shape index (κ3) is 3.42. The Labute approximate surface area is 119 Å². The van der Waals surface area contributed by atoms with Gasteiger partial charge in [-0.1, -0.05) is 11.6 Å². The number of aromatic nitrogens is 2. The van der Waals surface area contributed by atoms with Gasteiger partial charge in [0, 0.05) is 11.8 Å². The van der Waals surface area contributed by atoms with E-state index in [1.54, 1.807) is 6.07 Å². The Hall–Kier alpha value is -2.21. The molecule has 2 rings (SSSR count). The average molecular weight is 296 g/mol. The fraction of sp³-hybridized carbons (Fsp3) is 0.154. The molecule has 104 valence electrons. The van der Waals surface area contributed by atoms with Crippen LogP contribution >= 0.6 is 11.6 Å². The van der Waals surface area contributed by atoms with Crippen molar-refractivity contribution in [3.05, 3.63) is 46.9 Å². The van der Waals surface area contributed by atoms with Gasteiger partial charge in [-0.15, -0.1) is 10.2 Å². The second kappa shape index (κ2) is 6.29. The number of nitrogens with one attached hydrogen (secondary N) is 1. The van der Waals surface area contributed by atoms with Gasteiger partial charge in [-0.3, -0.25) is 4.79 Å². The molecule has 0 aliphatic rings. The Morgan fingerprint density at radius 1 is 1.35 bits per heavy atom. The van der Waals surface area contributed by atoms with Crippen molar-refractivity contribution in [2.75, 3.05) is 11.9 Å². The number of nitrogens with zero attached hydrogens (tertiary/aromatic N) is 2. The van der Waals surface area contributed by atoms with Crippen LogP contribution in [0.4, 0.5) is 10.1 Å². The van der Waals surface area contributed by atoms with Crippen molar-refractivity contribution >= 4 is 23.2 Å². The fourth-order valence-corrected chi connectivity index (χ4v) is 1.62. The van der Waals surface area contributed by atoms with E-state index in [1.165, 1.54) is 24.3 Å². The molecule has 0 aliphatic heterocycles. The number of hydrogen-bond donors (Lipinski definition) is 1. The van der Waals surface area contributed by atoms with Crippen molar-refractivity contribution in [1.82, 2.24) is 10.2 Å². The van der Waals surface area contributed by atoms with Gasteiger partial charge < -0.3 is 10.1 Å². The summed E-state index contributed by atoms with van der Waals surface area (Å²) in [5, 5.41) is 9.96. The van der Waals surface area contributed by atoms with Crippen LogP contribution in [0.15, 0.2) is 30.3 Å². The highest BCUT2D eigenvalue weighted by Gasteiger charge is 2.10. The molecule has 1 aromatic heterocycles. The zero-order valence-electron chi connectivity index (χ0n) is 10.6. The van der Waals surface area contributed by atoms with E-state index in [0.29, 0.717) is 18.2 Å². The largest absolute Gasteiger partial charge is 0.477 e. The first-order valence-corrected chi connectivity index (χ1v) is 6.21. The van der Waals surface area contributed by atoms with E-state index in [1.807, 2.05) is 6.92 Å². The van der Waals surface area contributed by atoms with E-state index < -0.39 is 11.7 Å². The van der Waals surface area contributed by atoms with Gasteiger partial charge in [0.1, 0.15) is 5.82 Å². The first-order valence-electron chi connectivity index (χ1n) is 5.83. The number of hydrogen-bond acceptors (Lipinski definition) is 4. The molecular weight excluding hydrogens is 285 g/mol. The van der Waals surface area contributed by atoms with E-state index >= 15 is 0 Å². The molecule has 1 heterocycles. The first-order chi connectivity index (χ1) is 9.60. The zero-order chi connectivity index (χ0) is 14.5. The van der Waals surface area contributed by atoms with E-state index in [-0.39, 0.29) is 10.7 Å². The third-order valence-corrected chi connectivity index (χ3v) is 2.63. The monoisotopic (exact) mass is 295 g/mol. The van der Waals surface area contributed by atoms with Crippen LogP contribution in [0.25, 0.3) is 0 Å². The van der Waals surface area contributed by atoms with Crippen molar-refractivity contribution in [3.8, 4) is 5.88 Å². The Morgan fingerprint density at radius 2 is 2.15 bits per heavy atom. The van der Waals surface area contributed by atoms with Crippen LogP contribution in [0.3, 0.4) is 0 Å². The van der Waals surface area contributed by atoms with Crippen LogP contribution < -0.4 is 10.1 Å². The minimum absolute atomic E-state index is 0.0689. The van der Waals surface area contributed by atoms with E-state index in [0.717, 1.165) is 0 Å². The summed E-state index contributed by atoms with van der Waals surface area (Å²) in [6.45, 7) is 2.29. The quantitative estimate of drug-likeness (QED) is 0.942. The summed E-state index contributed by atoms with van der Waals surface area (Å²) < 4.78 is 18.1.